The first-order valence-corrected chi connectivity index (χ1v) is 6.89. The Balaban J connectivity index is 1.76. The Hall–Kier alpha value is -1.72. The number of carbonyl (C=O) groups is 2. The second-order valence-electron chi connectivity index (χ2n) is 5.52. The van der Waals surface area contributed by atoms with Gasteiger partial charge in [0.1, 0.15) is 0 Å². The van der Waals surface area contributed by atoms with E-state index in [0.29, 0.717) is 17.8 Å². The van der Waals surface area contributed by atoms with E-state index in [-0.39, 0.29) is 24.0 Å². The highest BCUT2D eigenvalue weighted by Crippen LogP contribution is 2.23. The zero-order valence-electron chi connectivity index (χ0n) is 11.7. The Kier molecular flexibility index (Phi) is 3.31. The lowest BCUT2D eigenvalue weighted by Crippen LogP contribution is -2.50. The fourth-order valence-electron chi connectivity index (χ4n) is 2.97. The van der Waals surface area contributed by atoms with Crippen LogP contribution in [0.3, 0.4) is 0 Å². The Morgan fingerprint density at radius 2 is 1.55 bits per heavy atom. The van der Waals surface area contributed by atoms with Crippen molar-refractivity contribution in [2.75, 3.05) is 19.8 Å². The van der Waals surface area contributed by atoms with Gasteiger partial charge in [-0.2, -0.15) is 0 Å². The maximum atomic E-state index is 12.3. The van der Waals surface area contributed by atoms with E-state index in [1.54, 1.807) is 24.3 Å². The summed E-state index contributed by atoms with van der Waals surface area (Å²) >= 11 is 0. The van der Waals surface area contributed by atoms with Gasteiger partial charge in [0.25, 0.3) is 11.8 Å². The van der Waals surface area contributed by atoms with E-state index in [1.165, 1.54) is 4.90 Å². The molecule has 1 fully saturated rings. The summed E-state index contributed by atoms with van der Waals surface area (Å²) in [4.78, 5) is 28.0. The summed E-state index contributed by atoms with van der Waals surface area (Å²) in [7, 11) is 0. The smallest absolute Gasteiger partial charge is 0.262 e. The lowest BCUT2D eigenvalue weighted by molar-refractivity contribution is -0.0759. The minimum absolute atomic E-state index is 0.119. The van der Waals surface area contributed by atoms with Gasteiger partial charge in [-0.3, -0.25) is 19.4 Å². The van der Waals surface area contributed by atoms with Crippen LogP contribution in [0.15, 0.2) is 24.3 Å². The van der Waals surface area contributed by atoms with Crippen molar-refractivity contribution in [3.05, 3.63) is 35.4 Å². The standard InChI is InChI=1S/C15H18N2O3/c1-10-7-16(8-11(2)20-10)9-17-14(18)12-5-3-4-6-13(12)15(17)19/h3-6,10-11H,7-9H2,1-2H3. The molecule has 106 valence electrons. The molecule has 0 aromatic heterocycles. The summed E-state index contributed by atoms with van der Waals surface area (Å²) in [5, 5.41) is 0. The van der Waals surface area contributed by atoms with Crippen LogP contribution >= 0.6 is 0 Å². The number of amides is 2. The highest BCUT2D eigenvalue weighted by atomic mass is 16.5. The number of benzene rings is 1. The maximum absolute atomic E-state index is 12.3. The number of nitrogens with zero attached hydrogens (tertiary/aromatic N) is 2. The fourth-order valence-corrected chi connectivity index (χ4v) is 2.97. The van der Waals surface area contributed by atoms with Crippen LogP contribution in [0.4, 0.5) is 0 Å². The van der Waals surface area contributed by atoms with E-state index in [4.69, 9.17) is 4.74 Å². The average Bonchev–Trinajstić information content (AvgIpc) is 2.64. The predicted octanol–water partition coefficient (Wildman–Crippen LogP) is 1.35. The molecule has 0 bridgehead atoms. The molecule has 2 unspecified atom stereocenters. The van der Waals surface area contributed by atoms with Crippen LogP contribution in [-0.4, -0.2) is 53.6 Å². The van der Waals surface area contributed by atoms with Crippen LogP contribution in [-0.2, 0) is 4.74 Å². The average molecular weight is 274 g/mol. The number of hydrogen-bond donors (Lipinski definition) is 0. The quantitative estimate of drug-likeness (QED) is 0.764. The molecule has 1 aromatic carbocycles. The van der Waals surface area contributed by atoms with Crippen LogP contribution in [0.5, 0.6) is 0 Å². The number of rotatable bonds is 2. The first kappa shape index (κ1) is 13.3. The van der Waals surface area contributed by atoms with Gasteiger partial charge in [-0.1, -0.05) is 12.1 Å². The normalized spacial score (nSPS) is 27.0. The van der Waals surface area contributed by atoms with Gasteiger partial charge in [0.05, 0.1) is 30.0 Å². The molecule has 5 heteroatoms. The lowest BCUT2D eigenvalue weighted by atomic mass is 10.1. The largest absolute Gasteiger partial charge is 0.373 e. The van der Waals surface area contributed by atoms with E-state index in [0.717, 1.165) is 13.1 Å². The zero-order chi connectivity index (χ0) is 14.3. The summed E-state index contributed by atoms with van der Waals surface area (Å²) in [6, 6.07) is 6.99. The van der Waals surface area contributed by atoms with Gasteiger partial charge in [0, 0.05) is 13.1 Å². The van der Waals surface area contributed by atoms with Crippen molar-refractivity contribution in [1.82, 2.24) is 9.80 Å². The van der Waals surface area contributed by atoms with E-state index in [2.05, 4.69) is 4.90 Å². The van der Waals surface area contributed by atoms with Crippen molar-refractivity contribution in [2.45, 2.75) is 26.1 Å². The molecule has 0 aliphatic carbocycles. The van der Waals surface area contributed by atoms with Gasteiger partial charge in [-0.15, -0.1) is 0 Å². The zero-order valence-corrected chi connectivity index (χ0v) is 11.7. The van der Waals surface area contributed by atoms with Gasteiger partial charge in [-0.25, -0.2) is 0 Å². The van der Waals surface area contributed by atoms with Gasteiger partial charge >= 0.3 is 0 Å². The summed E-state index contributed by atoms with van der Waals surface area (Å²) in [5.41, 5.74) is 1.01. The second-order valence-corrected chi connectivity index (χ2v) is 5.52. The first-order valence-electron chi connectivity index (χ1n) is 6.89. The molecule has 2 amide bonds. The third-order valence-electron chi connectivity index (χ3n) is 3.71. The van der Waals surface area contributed by atoms with E-state index >= 15 is 0 Å². The molecular weight excluding hydrogens is 256 g/mol. The number of morpholine rings is 1. The summed E-state index contributed by atoms with van der Waals surface area (Å²) in [5.74, 6) is -0.394. The topological polar surface area (TPSA) is 49.9 Å². The third kappa shape index (κ3) is 2.23. The molecule has 20 heavy (non-hydrogen) atoms. The van der Waals surface area contributed by atoms with Crippen LogP contribution in [0, 0.1) is 0 Å². The van der Waals surface area contributed by atoms with Gasteiger partial charge < -0.3 is 4.74 Å². The van der Waals surface area contributed by atoms with E-state index in [1.807, 2.05) is 13.8 Å². The predicted molar refractivity (Wildman–Crippen MR) is 73.4 cm³/mol. The van der Waals surface area contributed by atoms with Crippen LogP contribution in [0.2, 0.25) is 0 Å². The minimum atomic E-state index is -0.197. The molecule has 2 aliphatic rings. The first-order chi connectivity index (χ1) is 9.56. The Bertz CT molecular complexity index is 513. The number of carbonyl (C=O) groups excluding carboxylic acids is 2. The summed E-state index contributed by atoms with van der Waals surface area (Å²) in [6.07, 6.45) is 0.239. The van der Waals surface area contributed by atoms with Crippen LogP contribution in [0.1, 0.15) is 34.6 Å². The molecule has 1 aromatic rings. The van der Waals surface area contributed by atoms with Crippen molar-refractivity contribution >= 4 is 11.8 Å². The van der Waals surface area contributed by atoms with Crippen LogP contribution < -0.4 is 0 Å². The molecule has 1 saturated heterocycles. The molecule has 0 spiro atoms. The molecule has 0 saturated carbocycles. The molecule has 2 heterocycles. The highest BCUT2D eigenvalue weighted by molar-refractivity contribution is 6.21. The molecule has 0 N–H and O–H groups in total. The molecule has 0 radical (unpaired) electrons. The summed E-state index contributed by atoms with van der Waals surface area (Å²) in [6.45, 7) is 5.82. The van der Waals surface area contributed by atoms with Crippen molar-refractivity contribution in [3.8, 4) is 0 Å². The van der Waals surface area contributed by atoms with Crippen LogP contribution in [0.25, 0.3) is 0 Å². The minimum Gasteiger partial charge on any atom is -0.373 e. The van der Waals surface area contributed by atoms with Crippen molar-refractivity contribution in [3.63, 3.8) is 0 Å². The number of fused-ring (bicyclic) bond motifs is 1. The fraction of sp³-hybridized carbons (Fsp3) is 0.467. The molecule has 3 rings (SSSR count). The van der Waals surface area contributed by atoms with Gasteiger partial charge in [0.15, 0.2) is 0 Å². The highest BCUT2D eigenvalue weighted by Gasteiger charge is 2.37. The number of imide groups is 1. The van der Waals surface area contributed by atoms with Gasteiger partial charge in [0.2, 0.25) is 0 Å². The van der Waals surface area contributed by atoms with E-state index < -0.39 is 0 Å². The Morgan fingerprint density at radius 3 is 2.05 bits per heavy atom. The lowest BCUT2D eigenvalue weighted by Gasteiger charge is -2.36. The molecule has 2 atom stereocenters. The molecular formula is C15H18N2O3. The van der Waals surface area contributed by atoms with E-state index in [9.17, 15) is 9.59 Å². The Morgan fingerprint density at radius 1 is 1.05 bits per heavy atom. The number of hydrogen-bond acceptors (Lipinski definition) is 4. The van der Waals surface area contributed by atoms with Crippen molar-refractivity contribution in [1.29, 1.82) is 0 Å². The third-order valence-corrected chi connectivity index (χ3v) is 3.71. The SMILES string of the molecule is CC1CN(CN2C(=O)c3ccccc3C2=O)CC(C)O1. The summed E-state index contributed by atoms with van der Waals surface area (Å²) < 4.78 is 5.67. The Labute approximate surface area is 118 Å². The molecule has 2 aliphatic heterocycles. The van der Waals surface area contributed by atoms with Crippen molar-refractivity contribution < 1.29 is 14.3 Å². The maximum Gasteiger partial charge on any atom is 0.262 e. The molecule has 5 nitrogen and oxygen atoms in total. The second kappa shape index (κ2) is 5.00. The number of ether oxygens (including phenoxy) is 1. The monoisotopic (exact) mass is 274 g/mol. The van der Waals surface area contributed by atoms with Crippen molar-refractivity contribution in [2.24, 2.45) is 0 Å². The van der Waals surface area contributed by atoms with Gasteiger partial charge in [-0.05, 0) is 26.0 Å².